The lowest BCUT2D eigenvalue weighted by Crippen LogP contribution is -3.10. The summed E-state index contributed by atoms with van der Waals surface area (Å²) in [6.45, 7) is 4.10. The van der Waals surface area contributed by atoms with Gasteiger partial charge in [0.1, 0.15) is 13.1 Å². The first-order valence-corrected chi connectivity index (χ1v) is 8.82. The molecule has 1 atom stereocenters. The van der Waals surface area contributed by atoms with Crippen molar-refractivity contribution in [3.05, 3.63) is 74.6 Å². The number of benzene rings is 2. The zero-order chi connectivity index (χ0) is 17.4. The molecule has 0 fully saturated rings. The summed E-state index contributed by atoms with van der Waals surface area (Å²) in [5.74, 6) is 0.641. The molecule has 5 heteroatoms. The molecule has 2 heterocycles. The third kappa shape index (κ3) is 3.03. The molecule has 25 heavy (non-hydrogen) atoms. The Balaban J connectivity index is 1.78. The largest absolute Gasteiger partial charge is 0.443 e. The van der Waals surface area contributed by atoms with Gasteiger partial charge in [0, 0.05) is 17.0 Å². The molecule has 128 valence electrons. The third-order valence-electron chi connectivity index (χ3n) is 4.65. The van der Waals surface area contributed by atoms with Gasteiger partial charge in [-0.05, 0) is 18.1 Å². The quantitative estimate of drug-likeness (QED) is 0.734. The number of halogens is 1. The summed E-state index contributed by atoms with van der Waals surface area (Å²) >= 11 is 6.44. The minimum atomic E-state index is -0.330. The lowest BCUT2D eigenvalue weighted by molar-refractivity contribution is -0.945. The second-order valence-corrected chi connectivity index (χ2v) is 6.77. The van der Waals surface area contributed by atoms with Crippen molar-refractivity contribution in [2.75, 3.05) is 6.73 Å². The number of nitrogens with one attached hydrogen (secondary N) is 1. The molecule has 1 N–H and O–H groups in total. The molecule has 0 saturated heterocycles. The average molecular weight is 357 g/mol. The molecule has 4 rings (SSSR count). The molecule has 4 nitrogen and oxygen atoms in total. The van der Waals surface area contributed by atoms with Crippen LogP contribution in [0, 0.1) is 0 Å². The normalized spacial score (nSPS) is 16.5. The third-order valence-corrected chi connectivity index (χ3v) is 4.93. The fourth-order valence-electron chi connectivity index (χ4n) is 3.46. The van der Waals surface area contributed by atoms with Gasteiger partial charge in [-0.2, -0.15) is 0 Å². The SMILES string of the molecule is CCc1cc(=O)oc2c3c(c(Cl)cc12)OC[NH+](Cc1ccccc1)C3. The zero-order valence-electron chi connectivity index (χ0n) is 14.0. The van der Waals surface area contributed by atoms with Crippen molar-refractivity contribution in [3.63, 3.8) is 0 Å². The van der Waals surface area contributed by atoms with Crippen LogP contribution in [0.1, 0.15) is 23.6 Å². The topological polar surface area (TPSA) is 43.9 Å². The Hall–Kier alpha value is -2.30. The monoisotopic (exact) mass is 356 g/mol. The smallest absolute Gasteiger partial charge is 0.336 e. The van der Waals surface area contributed by atoms with Crippen LogP contribution < -0.4 is 15.3 Å². The summed E-state index contributed by atoms with van der Waals surface area (Å²) < 4.78 is 11.5. The maximum absolute atomic E-state index is 12.0. The predicted octanol–water partition coefficient (Wildman–Crippen LogP) is 2.94. The summed E-state index contributed by atoms with van der Waals surface area (Å²) in [6.07, 6.45) is 0.749. The highest BCUT2D eigenvalue weighted by Crippen LogP contribution is 2.37. The summed E-state index contributed by atoms with van der Waals surface area (Å²) in [4.78, 5) is 13.2. The number of hydrogen-bond donors (Lipinski definition) is 1. The van der Waals surface area contributed by atoms with Crippen LogP contribution in [0.15, 0.2) is 51.7 Å². The van der Waals surface area contributed by atoms with Gasteiger partial charge in [-0.15, -0.1) is 0 Å². The van der Waals surface area contributed by atoms with Gasteiger partial charge in [-0.3, -0.25) is 4.90 Å². The Labute approximate surface area is 150 Å². The molecule has 1 unspecified atom stereocenters. The Morgan fingerprint density at radius 3 is 2.76 bits per heavy atom. The van der Waals surface area contributed by atoms with Crippen molar-refractivity contribution in [1.29, 1.82) is 0 Å². The molecule has 2 aromatic carbocycles. The Kier molecular flexibility index (Phi) is 4.24. The fraction of sp³-hybridized carbons (Fsp3) is 0.250. The van der Waals surface area contributed by atoms with E-state index in [0.29, 0.717) is 29.6 Å². The minimum Gasteiger partial charge on any atom is -0.443 e. The second-order valence-electron chi connectivity index (χ2n) is 6.36. The van der Waals surface area contributed by atoms with E-state index in [2.05, 4.69) is 12.1 Å². The molecule has 0 saturated carbocycles. The van der Waals surface area contributed by atoms with Crippen LogP contribution in [-0.2, 0) is 19.5 Å². The standard InChI is InChI=1S/C20H18ClNO3/c1-2-14-8-18(23)25-19-15(14)9-17(21)20-16(19)11-22(12-24-20)10-13-6-4-3-5-7-13/h3-9H,2,10-12H2,1H3/p+1. The van der Waals surface area contributed by atoms with Crippen molar-refractivity contribution < 1.29 is 14.1 Å². The first kappa shape index (κ1) is 16.2. The van der Waals surface area contributed by atoms with E-state index in [9.17, 15) is 4.79 Å². The number of ether oxygens (including phenoxy) is 1. The lowest BCUT2D eigenvalue weighted by atomic mass is 10.0. The number of hydrogen-bond acceptors (Lipinski definition) is 3. The van der Waals surface area contributed by atoms with Gasteiger partial charge >= 0.3 is 5.63 Å². The molecule has 0 aliphatic carbocycles. The fourth-order valence-corrected chi connectivity index (χ4v) is 3.73. The lowest BCUT2D eigenvalue weighted by Gasteiger charge is -2.27. The molecule has 3 aromatic rings. The summed E-state index contributed by atoms with van der Waals surface area (Å²) in [7, 11) is 0. The van der Waals surface area contributed by atoms with Crippen LogP contribution >= 0.6 is 11.6 Å². The van der Waals surface area contributed by atoms with Gasteiger partial charge in [-0.25, -0.2) is 4.79 Å². The second kappa shape index (κ2) is 6.54. The van der Waals surface area contributed by atoms with Gasteiger partial charge in [-0.1, -0.05) is 48.9 Å². The van der Waals surface area contributed by atoms with Gasteiger partial charge in [0.2, 0.25) is 6.73 Å². The van der Waals surface area contributed by atoms with E-state index >= 15 is 0 Å². The predicted molar refractivity (Wildman–Crippen MR) is 97.2 cm³/mol. The first-order valence-electron chi connectivity index (χ1n) is 8.44. The van der Waals surface area contributed by atoms with Crippen molar-refractivity contribution in [2.24, 2.45) is 0 Å². The minimum absolute atomic E-state index is 0.330. The van der Waals surface area contributed by atoms with Crippen LogP contribution in [0.3, 0.4) is 0 Å². The average Bonchev–Trinajstić information content (AvgIpc) is 2.63. The Bertz CT molecular complexity index is 982. The molecule has 0 bridgehead atoms. The Morgan fingerprint density at radius 1 is 1.20 bits per heavy atom. The van der Waals surface area contributed by atoms with Gasteiger partial charge < -0.3 is 9.15 Å². The van der Waals surface area contributed by atoms with Gasteiger partial charge in [0.25, 0.3) is 0 Å². The molecule has 0 amide bonds. The van der Waals surface area contributed by atoms with Crippen LogP contribution in [0.25, 0.3) is 11.0 Å². The summed E-state index contributed by atoms with van der Waals surface area (Å²) in [5, 5.41) is 1.47. The van der Waals surface area contributed by atoms with Gasteiger partial charge in [0.05, 0.1) is 10.6 Å². The number of quaternary nitrogens is 1. The number of fused-ring (bicyclic) bond motifs is 3. The molecule has 1 aliphatic rings. The van der Waals surface area contributed by atoms with Gasteiger partial charge in [0.15, 0.2) is 11.3 Å². The maximum Gasteiger partial charge on any atom is 0.336 e. The number of rotatable bonds is 3. The van der Waals surface area contributed by atoms with E-state index in [1.165, 1.54) is 10.5 Å². The molecule has 0 spiro atoms. The zero-order valence-corrected chi connectivity index (χ0v) is 14.7. The Morgan fingerprint density at radius 2 is 2.00 bits per heavy atom. The highest BCUT2D eigenvalue weighted by Gasteiger charge is 2.27. The highest BCUT2D eigenvalue weighted by atomic mass is 35.5. The van der Waals surface area contributed by atoms with E-state index in [1.807, 2.05) is 31.2 Å². The molecular formula is C20H19ClNO3+. The molecule has 1 aliphatic heterocycles. The van der Waals surface area contributed by atoms with Crippen molar-refractivity contribution in [2.45, 2.75) is 26.4 Å². The van der Waals surface area contributed by atoms with Crippen molar-refractivity contribution >= 4 is 22.6 Å². The summed E-state index contributed by atoms with van der Waals surface area (Å²) in [6, 6.07) is 13.7. The van der Waals surface area contributed by atoms with E-state index < -0.39 is 0 Å². The highest BCUT2D eigenvalue weighted by molar-refractivity contribution is 6.33. The van der Waals surface area contributed by atoms with E-state index in [4.69, 9.17) is 20.8 Å². The molecular weight excluding hydrogens is 338 g/mol. The van der Waals surface area contributed by atoms with Crippen LogP contribution in [-0.4, -0.2) is 6.73 Å². The van der Waals surface area contributed by atoms with Crippen molar-refractivity contribution in [1.82, 2.24) is 0 Å². The van der Waals surface area contributed by atoms with Crippen LogP contribution in [0.4, 0.5) is 0 Å². The maximum atomic E-state index is 12.0. The van der Waals surface area contributed by atoms with E-state index in [0.717, 1.165) is 29.5 Å². The van der Waals surface area contributed by atoms with Crippen molar-refractivity contribution in [3.8, 4) is 5.75 Å². The van der Waals surface area contributed by atoms with Crippen LogP contribution in [0.5, 0.6) is 5.75 Å². The summed E-state index contributed by atoms with van der Waals surface area (Å²) in [5.41, 5.74) is 3.35. The first-order chi connectivity index (χ1) is 12.2. The number of aryl methyl sites for hydroxylation is 1. The van der Waals surface area contributed by atoms with E-state index in [1.54, 1.807) is 6.07 Å². The molecule has 1 aromatic heterocycles. The van der Waals surface area contributed by atoms with E-state index in [-0.39, 0.29) is 5.63 Å². The molecule has 0 radical (unpaired) electrons. The van der Waals surface area contributed by atoms with Crippen LogP contribution in [0.2, 0.25) is 5.02 Å².